The van der Waals surface area contributed by atoms with Crippen LogP contribution in [0.5, 0.6) is 0 Å². The standard InChI is InChI=1S/2C25H37ClF2N2O/c1-23(2,3)12-15-30-16-13-24(28,14-17-30)18-29-22(31)25(10-5-4-6-11-25)21-19(26)8-7-9-20(21)27;1-23(2,3)11-14-30-15-12-24(28,13-16-30)18-29-22(31)25(9-5-4-6-10-25)20-8-7-19(27)17-21(20)26/h7-9H,4-6,10-18H2,1-3H3,(H,29,31);7-8,17H,4-6,9-16,18H2,1-3H3,(H,29,31). The quantitative estimate of drug-likeness (QED) is 0.208. The Kier molecular flexibility index (Phi) is 17.4. The van der Waals surface area contributed by atoms with Gasteiger partial charge < -0.3 is 20.4 Å². The summed E-state index contributed by atoms with van der Waals surface area (Å²) in [6, 6.07) is 8.79. The molecule has 2 heterocycles. The second-order valence-electron chi connectivity index (χ2n) is 21.5. The fraction of sp³-hybridized carbons (Fsp3) is 0.720. The summed E-state index contributed by atoms with van der Waals surface area (Å²) in [5, 5.41) is 6.35. The highest BCUT2D eigenvalue weighted by Gasteiger charge is 2.47. The van der Waals surface area contributed by atoms with Gasteiger partial charge in [0.1, 0.15) is 23.0 Å². The summed E-state index contributed by atoms with van der Waals surface area (Å²) in [5.74, 6) is -1.33. The van der Waals surface area contributed by atoms with E-state index in [9.17, 15) is 18.4 Å². The van der Waals surface area contributed by atoms with Gasteiger partial charge >= 0.3 is 0 Å². The van der Waals surface area contributed by atoms with E-state index in [0.717, 1.165) is 77.5 Å². The average Bonchev–Trinajstić information content (AvgIpc) is 3.22. The number of likely N-dealkylation sites (tertiary alicyclic amines) is 2. The molecule has 2 aromatic carbocycles. The van der Waals surface area contributed by atoms with Gasteiger partial charge in [0.05, 0.1) is 23.9 Å². The van der Waals surface area contributed by atoms with Crippen LogP contribution in [0.2, 0.25) is 10.0 Å². The van der Waals surface area contributed by atoms with Crippen LogP contribution in [0.1, 0.15) is 155 Å². The van der Waals surface area contributed by atoms with Crippen LogP contribution in [0.3, 0.4) is 0 Å². The lowest BCUT2D eigenvalue weighted by molar-refractivity contribution is -0.129. The maximum atomic E-state index is 15.5. The van der Waals surface area contributed by atoms with E-state index in [1.807, 2.05) is 0 Å². The third kappa shape index (κ3) is 13.6. The Morgan fingerprint density at radius 1 is 0.613 bits per heavy atom. The molecule has 2 N–H and O–H groups in total. The molecule has 0 bridgehead atoms. The molecule has 4 aliphatic rings. The summed E-state index contributed by atoms with van der Waals surface area (Å²) in [4.78, 5) is 31.4. The van der Waals surface area contributed by atoms with Gasteiger partial charge in [-0.2, -0.15) is 0 Å². The summed E-state index contributed by atoms with van der Waals surface area (Å²) in [7, 11) is 0. The molecule has 0 atom stereocenters. The lowest BCUT2D eigenvalue weighted by Crippen LogP contribution is -2.53. The fourth-order valence-corrected chi connectivity index (χ4v) is 10.6. The minimum absolute atomic E-state index is 0.0211. The predicted octanol–water partition coefficient (Wildman–Crippen LogP) is 12.1. The number of nitrogens with one attached hydrogen (secondary N) is 2. The predicted molar refractivity (Wildman–Crippen MR) is 246 cm³/mol. The molecule has 0 spiro atoms. The zero-order valence-electron chi connectivity index (χ0n) is 38.4. The molecule has 12 heteroatoms. The molecule has 348 valence electrons. The van der Waals surface area contributed by atoms with Crippen molar-refractivity contribution in [1.82, 2.24) is 20.4 Å². The van der Waals surface area contributed by atoms with Crippen molar-refractivity contribution in [1.29, 1.82) is 0 Å². The number of carbonyl (C=O) groups is 2. The van der Waals surface area contributed by atoms with Gasteiger partial charge in [0, 0.05) is 41.8 Å². The van der Waals surface area contributed by atoms with Crippen LogP contribution >= 0.6 is 23.2 Å². The second kappa shape index (κ2) is 21.3. The molecule has 6 rings (SSSR count). The topological polar surface area (TPSA) is 64.7 Å². The molecule has 4 fully saturated rings. The number of halogens is 6. The largest absolute Gasteiger partial charge is 0.352 e. The minimum Gasteiger partial charge on any atom is -0.352 e. The van der Waals surface area contributed by atoms with Crippen LogP contribution in [0.4, 0.5) is 17.6 Å². The molecule has 2 saturated heterocycles. The van der Waals surface area contributed by atoms with Crippen LogP contribution in [-0.2, 0) is 20.4 Å². The monoisotopic (exact) mass is 909 g/mol. The van der Waals surface area contributed by atoms with Crippen molar-refractivity contribution in [3.63, 3.8) is 0 Å². The van der Waals surface area contributed by atoms with E-state index in [2.05, 4.69) is 62.0 Å². The zero-order valence-corrected chi connectivity index (χ0v) is 39.9. The Labute approximate surface area is 380 Å². The first-order valence-electron chi connectivity index (χ1n) is 23.4. The van der Waals surface area contributed by atoms with Gasteiger partial charge in [-0.25, -0.2) is 17.6 Å². The maximum absolute atomic E-state index is 15.5. The first kappa shape index (κ1) is 50.6. The van der Waals surface area contributed by atoms with E-state index in [0.29, 0.717) is 70.0 Å². The molecular formula is C50H74Cl2F4N4O2. The molecule has 0 aromatic heterocycles. The van der Waals surface area contributed by atoms with Crippen LogP contribution in [0.15, 0.2) is 36.4 Å². The van der Waals surface area contributed by atoms with Gasteiger partial charge in [0.15, 0.2) is 0 Å². The number of benzene rings is 2. The van der Waals surface area contributed by atoms with Crippen LogP contribution in [-0.4, -0.2) is 85.3 Å². The number of amides is 2. The molecule has 0 unspecified atom stereocenters. The van der Waals surface area contributed by atoms with Crippen LogP contribution in [0.25, 0.3) is 0 Å². The van der Waals surface area contributed by atoms with Crippen molar-refractivity contribution < 1.29 is 27.2 Å². The normalized spacial score (nSPS) is 21.6. The number of hydrogen-bond acceptors (Lipinski definition) is 4. The zero-order chi connectivity index (χ0) is 45.4. The summed E-state index contributed by atoms with van der Waals surface area (Å²) in [5.41, 5.74) is -3.12. The van der Waals surface area contributed by atoms with Crippen molar-refractivity contribution in [2.45, 2.75) is 166 Å². The highest BCUT2D eigenvalue weighted by atomic mass is 35.5. The van der Waals surface area contributed by atoms with Crippen molar-refractivity contribution >= 4 is 35.0 Å². The molecule has 2 aliphatic carbocycles. The van der Waals surface area contributed by atoms with E-state index in [-0.39, 0.29) is 51.3 Å². The molecule has 2 aromatic rings. The van der Waals surface area contributed by atoms with Gasteiger partial charge in [-0.05, 0) is 118 Å². The molecule has 62 heavy (non-hydrogen) atoms. The third-order valence-corrected chi connectivity index (χ3v) is 14.8. The lowest BCUT2D eigenvalue weighted by Gasteiger charge is -2.40. The summed E-state index contributed by atoms with van der Waals surface area (Å²) in [6.07, 6.45) is 11.8. The van der Waals surface area contributed by atoms with Gasteiger partial charge in [-0.3, -0.25) is 9.59 Å². The van der Waals surface area contributed by atoms with Gasteiger partial charge in [-0.15, -0.1) is 0 Å². The number of rotatable bonds is 12. The Hall–Kier alpha value is -2.40. The average molecular weight is 910 g/mol. The Morgan fingerprint density at radius 2 is 1.05 bits per heavy atom. The highest BCUT2D eigenvalue weighted by molar-refractivity contribution is 6.32. The number of carbonyl (C=O) groups excluding carboxylic acids is 2. The number of alkyl halides is 2. The Balaban J connectivity index is 0.000000234. The smallest absolute Gasteiger partial charge is 0.230 e. The van der Waals surface area contributed by atoms with E-state index in [1.54, 1.807) is 18.2 Å². The minimum atomic E-state index is -1.41. The van der Waals surface area contributed by atoms with Crippen molar-refractivity contribution in [2.24, 2.45) is 10.8 Å². The van der Waals surface area contributed by atoms with Gasteiger partial charge in [0.2, 0.25) is 11.8 Å². The van der Waals surface area contributed by atoms with Crippen LogP contribution < -0.4 is 10.6 Å². The summed E-state index contributed by atoms with van der Waals surface area (Å²) < 4.78 is 59.3. The molecule has 2 saturated carbocycles. The van der Waals surface area contributed by atoms with E-state index >= 15 is 8.78 Å². The summed E-state index contributed by atoms with van der Waals surface area (Å²) in [6.45, 7) is 18.1. The molecular weight excluding hydrogens is 835 g/mol. The summed E-state index contributed by atoms with van der Waals surface area (Å²) >= 11 is 12.7. The first-order valence-corrected chi connectivity index (χ1v) is 24.1. The molecule has 2 aliphatic heterocycles. The number of nitrogens with zero attached hydrogens (tertiary/aromatic N) is 2. The van der Waals surface area contributed by atoms with Crippen LogP contribution in [0, 0.1) is 22.5 Å². The van der Waals surface area contributed by atoms with Crippen molar-refractivity contribution in [3.05, 3.63) is 69.2 Å². The van der Waals surface area contributed by atoms with Crippen molar-refractivity contribution in [2.75, 3.05) is 52.4 Å². The fourth-order valence-electron chi connectivity index (χ4n) is 9.86. The lowest BCUT2D eigenvalue weighted by atomic mass is 9.68. The van der Waals surface area contributed by atoms with E-state index < -0.39 is 33.8 Å². The van der Waals surface area contributed by atoms with Crippen molar-refractivity contribution in [3.8, 4) is 0 Å². The molecule has 2 amide bonds. The van der Waals surface area contributed by atoms with Gasteiger partial charge in [-0.1, -0.05) is 115 Å². The van der Waals surface area contributed by atoms with E-state index in [4.69, 9.17) is 23.2 Å². The number of piperidine rings is 2. The molecule has 0 radical (unpaired) electrons. The first-order chi connectivity index (χ1) is 29.1. The van der Waals surface area contributed by atoms with E-state index in [1.165, 1.54) is 18.2 Å². The highest BCUT2D eigenvalue weighted by Crippen LogP contribution is 2.45. The third-order valence-electron chi connectivity index (χ3n) is 14.2. The maximum Gasteiger partial charge on any atom is 0.230 e. The second-order valence-corrected chi connectivity index (χ2v) is 22.3. The number of hydrogen-bond donors (Lipinski definition) is 2. The SMILES string of the molecule is CC(C)(C)CCN1CCC(F)(CNC(=O)C2(c3c(F)cccc3Cl)CCCCC2)CC1.CC(C)(C)CCN1CCC(F)(CNC(=O)C2(c3ccc(F)cc3Cl)CCCCC2)CC1. The van der Waals surface area contributed by atoms with Gasteiger partial charge in [0.25, 0.3) is 0 Å². The Bertz CT molecular complexity index is 1770. The Morgan fingerprint density at radius 3 is 1.47 bits per heavy atom. The molecule has 6 nitrogen and oxygen atoms in total.